The van der Waals surface area contributed by atoms with Crippen LogP contribution in [0.1, 0.15) is 36.0 Å². The lowest BCUT2D eigenvalue weighted by Crippen LogP contribution is -2.42. The summed E-state index contributed by atoms with van der Waals surface area (Å²) in [5, 5.41) is 6.41. The van der Waals surface area contributed by atoms with Crippen molar-refractivity contribution in [2.45, 2.75) is 42.0 Å². The molecular formula is C18H17N3O3S. The summed E-state index contributed by atoms with van der Waals surface area (Å²) in [7, 11) is 0. The summed E-state index contributed by atoms with van der Waals surface area (Å²) in [6, 6.07) is 9.51. The third kappa shape index (κ3) is 3.51. The first-order valence-electron chi connectivity index (χ1n) is 8.31. The molecule has 1 aliphatic carbocycles. The van der Waals surface area contributed by atoms with Gasteiger partial charge in [-0.05, 0) is 31.4 Å². The fraction of sp³-hybridized carbons (Fsp3) is 0.333. The van der Waals surface area contributed by atoms with Crippen LogP contribution < -0.4 is 10.6 Å². The first-order valence-corrected chi connectivity index (χ1v) is 9.19. The summed E-state index contributed by atoms with van der Waals surface area (Å²) in [4.78, 5) is 40.4. The monoisotopic (exact) mass is 355 g/mol. The molecule has 0 radical (unpaired) electrons. The highest BCUT2D eigenvalue weighted by Gasteiger charge is 2.29. The maximum Gasteiger partial charge on any atom is 0.252 e. The van der Waals surface area contributed by atoms with Crippen LogP contribution in [0.2, 0.25) is 0 Å². The van der Waals surface area contributed by atoms with E-state index < -0.39 is 0 Å². The van der Waals surface area contributed by atoms with Gasteiger partial charge in [0.1, 0.15) is 0 Å². The number of benzene rings is 1. The molecule has 128 valence electrons. The Morgan fingerprint density at radius 1 is 1.20 bits per heavy atom. The molecule has 1 aromatic heterocycles. The van der Waals surface area contributed by atoms with Gasteiger partial charge in [-0.15, -0.1) is 0 Å². The van der Waals surface area contributed by atoms with Crippen molar-refractivity contribution in [2.24, 2.45) is 0 Å². The number of aromatic nitrogens is 1. The van der Waals surface area contributed by atoms with Gasteiger partial charge in [0.15, 0.2) is 0 Å². The zero-order chi connectivity index (χ0) is 17.4. The van der Waals surface area contributed by atoms with Crippen molar-refractivity contribution in [3.05, 3.63) is 35.9 Å². The van der Waals surface area contributed by atoms with Crippen LogP contribution in [0, 0.1) is 0 Å². The molecule has 2 fully saturated rings. The highest BCUT2D eigenvalue weighted by atomic mass is 32.2. The standard InChI is InChI=1S/C18H17N3O3S/c22-15-8-7-14(18(24)21-15)25-16-9-12(17(23)19-10-5-6-10)11-3-1-2-4-13(11)20-16/h1-4,9-10,14H,5-8H2,(H,19,23)(H,21,22,24). The summed E-state index contributed by atoms with van der Waals surface area (Å²) in [5.74, 6) is -0.635. The number of nitrogens with one attached hydrogen (secondary N) is 2. The summed E-state index contributed by atoms with van der Waals surface area (Å²) in [5.41, 5.74) is 1.30. The van der Waals surface area contributed by atoms with Crippen molar-refractivity contribution < 1.29 is 14.4 Å². The van der Waals surface area contributed by atoms with E-state index in [1.54, 1.807) is 6.07 Å². The van der Waals surface area contributed by atoms with Crippen LogP contribution in [-0.4, -0.2) is 34.0 Å². The van der Waals surface area contributed by atoms with Crippen LogP contribution in [0.4, 0.5) is 0 Å². The van der Waals surface area contributed by atoms with Gasteiger partial charge < -0.3 is 5.32 Å². The zero-order valence-electron chi connectivity index (χ0n) is 13.5. The first kappa shape index (κ1) is 16.1. The number of amides is 3. The number of rotatable bonds is 4. The molecule has 2 aliphatic rings. The van der Waals surface area contributed by atoms with E-state index >= 15 is 0 Å². The Balaban J connectivity index is 1.65. The quantitative estimate of drug-likeness (QED) is 0.819. The normalized spacial score (nSPS) is 20.4. The van der Waals surface area contributed by atoms with Gasteiger partial charge in [-0.25, -0.2) is 4.98 Å². The zero-order valence-corrected chi connectivity index (χ0v) is 14.3. The minimum absolute atomic E-state index is 0.105. The molecule has 1 saturated carbocycles. The van der Waals surface area contributed by atoms with Crippen LogP contribution >= 0.6 is 11.8 Å². The number of pyridine rings is 1. The number of carbonyl (C=O) groups is 3. The van der Waals surface area contributed by atoms with E-state index in [4.69, 9.17) is 0 Å². The number of thioether (sulfide) groups is 1. The lowest BCUT2D eigenvalue weighted by molar-refractivity contribution is -0.132. The molecule has 25 heavy (non-hydrogen) atoms. The highest BCUT2D eigenvalue weighted by molar-refractivity contribution is 8.00. The summed E-state index contributed by atoms with van der Waals surface area (Å²) in [6.07, 6.45) is 2.85. The molecule has 1 aliphatic heterocycles. The SMILES string of the molecule is O=C1CCC(Sc2cc(C(=O)NC3CC3)c3ccccc3n2)C(=O)N1. The molecule has 4 rings (SSSR count). The molecule has 2 heterocycles. The maximum atomic E-state index is 12.6. The van der Waals surface area contributed by atoms with Gasteiger partial charge in [0.05, 0.1) is 21.4 Å². The number of piperidine rings is 1. The minimum atomic E-state index is -0.370. The number of nitrogens with zero attached hydrogens (tertiary/aromatic N) is 1. The van der Waals surface area contributed by atoms with E-state index in [0.29, 0.717) is 23.4 Å². The average Bonchev–Trinajstić information content (AvgIpc) is 3.40. The van der Waals surface area contributed by atoms with Gasteiger partial charge in [-0.1, -0.05) is 30.0 Å². The molecule has 0 spiro atoms. The molecule has 0 bridgehead atoms. The first-order chi connectivity index (χ1) is 12.1. The molecule has 1 atom stereocenters. The van der Waals surface area contributed by atoms with E-state index in [9.17, 15) is 14.4 Å². The van der Waals surface area contributed by atoms with Gasteiger partial charge in [-0.2, -0.15) is 0 Å². The third-order valence-electron chi connectivity index (χ3n) is 4.30. The second kappa shape index (κ2) is 6.48. The van der Waals surface area contributed by atoms with Crippen LogP contribution in [0.3, 0.4) is 0 Å². The summed E-state index contributed by atoms with van der Waals surface area (Å²) >= 11 is 1.30. The Hall–Kier alpha value is -2.41. The third-order valence-corrected chi connectivity index (χ3v) is 5.49. The number of imide groups is 1. The van der Waals surface area contributed by atoms with Crippen molar-refractivity contribution in [3.63, 3.8) is 0 Å². The molecule has 3 amide bonds. The second-order valence-corrected chi connectivity index (χ2v) is 7.55. The smallest absolute Gasteiger partial charge is 0.252 e. The predicted molar refractivity (Wildman–Crippen MR) is 94.3 cm³/mol. The Morgan fingerprint density at radius 2 is 2.00 bits per heavy atom. The van der Waals surface area contributed by atoms with E-state index in [1.807, 2.05) is 24.3 Å². The lowest BCUT2D eigenvalue weighted by atomic mass is 10.1. The summed E-state index contributed by atoms with van der Waals surface area (Å²) in [6.45, 7) is 0. The van der Waals surface area contributed by atoms with E-state index in [2.05, 4.69) is 15.6 Å². The number of fused-ring (bicyclic) bond motifs is 1. The van der Waals surface area contributed by atoms with Gasteiger partial charge in [0.2, 0.25) is 11.8 Å². The second-order valence-electron chi connectivity index (χ2n) is 6.33. The number of hydrogen-bond donors (Lipinski definition) is 2. The number of hydrogen-bond acceptors (Lipinski definition) is 5. The molecule has 2 aromatic rings. The average molecular weight is 355 g/mol. The topological polar surface area (TPSA) is 88.2 Å². The summed E-state index contributed by atoms with van der Waals surface area (Å²) < 4.78 is 0. The van der Waals surface area contributed by atoms with Crippen LogP contribution in [0.5, 0.6) is 0 Å². The molecule has 1 aromatic carbocycles. The van der Waals surface area contributed by atoms with Crippen LogP contribution in [0.25, 0.3) is 10.9 Å². The Labute approximate surface area is 148 Å². The largest absolute Gasteiger partial charge is 0.349 e. The molecule has 6 nitrogen and oxygen atoms in total. The minimum Gasteiger partial charge on any atom is -0.349 e. The van der Waals surface area contributed by atoms with Crippen molar-refractivity contribution in [1.82, 2.24) is 15.6 Å². The molecule has 7 heteroatoms. The maximum absolute atomic E-state index is 12.6. The molecule has 1 saturated heterocycles. The highest BCUT2D eigenvalue weighted by Crippen LogP contribution is 2.30. The Morgan fingerprint density at radius 3 is 2.76 bits per heavy atom. The fourth-order valence-electron chi connectivity index (χ4n) is 2.82. The van der Waals surface area contributed by atoms with Crippen molar-refractivity contribution in [2.75, 3.05) is 0 Å². The van der Waals surface area contributed by atoms with Crippen molar-refractivity contribution in [1.29, 1.82) is 0 Å². The van der Waals surface area contributed by atoms with E-state index in [1.165, 1.54) is 11.8 Å². The van der Waals surface area contributed by atoms with Gasteiger partial charge in [0.25, 0.3) is 5.91 Å². The van der Waals surface area contributed by atoms with Crippen molar-refractivity contribution in [3.8, 4) is 0 Å². The molecule has 1 unspecified atom stereocenters. The van der Waals surface area contributed by atoms with Gasteiger partial charge in [0, 0.05) is 17.8 Å². The Kier molecular flexibility index (Phi) is 4.17. The van der Waals surface area contributed by atoms with E-state index in [-0.39, 0.29) is 29.0 Å². The van der Waals surface area contributed by atoms with Crippen LogP contribution in [-0.2, 0) is 9.59 Å². The van der Waals surface area contributed by atoms with E-state index in [0.717, 1.165) is 23.7 Å². The predicted octanol–water partition coefficient (Wildman–Crippen LogP) is 2.02. The number of carbonyl (C=O) groups excluding carboxylic acids is 3. The van der Waals surface area contributed by atoms with Crippen molar-refractivity contribution >= 4 is 40.4 Å². The fourth-order valence-corrected chi connectivity index (χ4v) is 3.85. The molecule has 2 N–H and O–H groups in total. The molecular weight excluding hydrogens is 338 g/mol. The van der Waals surface area contributed by atoms with Gasteiger partial charge >= 0.3 is 0 Å². The van der Waals surface area contributed by atoms with Gasteiger partial charge in [-0.3, -0.25) is 19.7 Å². The number of para-hydroxylation sites is 1. The Bertz CT molecular complexity index is 879. The van der Waals surface area contributed by atoms with Crippen LogP contribution in [0.15, 0.2) is 35.4 Å². The lowest BCUT2D eigenvalue weighted by Gasteiger charge is -2.20.